The molecular weight excluding hydrogens is 332 g/mol. The minimum absolute atomic E-state index is 0.0522. The van der Waals surface area contributed by atoms with Crippen molar-refractivity contribution < 1.29 is 14.3 Å². The molecule has 0 aliphatic heterocycles. The number of methoxy groups -OCH3 is 1. The predicted octanol–water partition coefficient (Wildman–Crippen LogP) is 1.88. The second kappa shape index (κ2) is 9.89. The summed E-state index contributed by atoms with van der Waals surface area (Å²) in [5.41, 5.74) is -0.256. The lowest BCUT2D eigenvalue weighted by Crippen LogP contribution is -2.49. The van der Waals surface area contributed by atoms with E-state index in [9.17, 15) is 4.79 Å². The van der Waals surface area contributed by atoms with Gasteiger partial charge in [-0.1, -0.05) is 6.07 Å². The van der Waals surface area contributed by atoms with E-state index in [4.69, 9.17) is 9.47 Å². The van der Waals surface area contributed by atoms with Crippen molar-refractivity contribution in [2.45, 2.75) is 39.3 Å². The van der Waals surface area contributed by atoms with Crippen LogP contribution in [0.5, 0.6) is 11.5 Å². The molecule has 7 nitrogen and oxygen atoms in total. The summed E-state index contributed by atoms with van der Waals surface area (Å²) in [5.74, 6) is 2.08. The molecule has 0 fully saturated rings. The van der Waals surface area contributed by atoms with E-state index in [0.717, 1.165) is 11.5 Å². The van der Waals surface area contributed by atoms with Gasteiger partial charge in [-0.05, 0) is 39.8 Å². The standard InChI is InChI=1S/C19H32N4O3/c1-14(26-16-10-8-9-15(11-16)25-7)12-21-18(20-5)23(6)13-17(24)22-19(2,3)4/h8-11,14H,12-13H2,1-7H3,(H,20,21)(H,22,24). The lowest BCUT2D eigenvalue weighted by molar-refractivity contribution is -0.122. The van der Waals surface area contributed by atoms with Gasteiger partial charge in [-0.25, -0.2) is 0 Å². The first kappa shape index (κ1) is 21.6. The Balaban J connectivity index is 2.50. The summed E-state index contributed by atoms with van der Waals surface area (Å²) in [4.78, 5) is 18.1. The van der Waals surface area contributed by atoms with Gasteiger partial charge in [0.05, 0.1) is 20.2 Å². The Morgan fingerprint density at radius 2 is 1.96 bits per heavy atom. The highest BCUT2D eigenvalue weighted by molar-refractivity contribution is 5.86. The third-order valence-electron chi connectivity index (χ3n) is 3.39. The molecule has 0 aliphatic carbocycles. The number of carbonyl (C=O) groups excluding carboxylic acids is 1. The smallest absolute Gasteiger partial charge is 0.240 e. The van der Waals surface area contributed by atoms with E-state index in [1.807, 2.05) is 59.0 Å². The van der Waals surface area contributed by atoms with Gasteiger partial charge in [0.15, 0.2) is 5.96 Å². The van der Waals surface area contributed by atoms with Crippen LogP contribution in [0.2, 0.25) is 0 Å². The zero-order valence-electron chi connectivity index (χ0n) is 16.9. The van der Waals surface area contributed by atoms with Crippen molar-refractivity contribution in [1.82, 2.24) is 15.5 Å². The van der Waals surface area contributed by atoms with Gasteiger partial charge in [0.1, 0.15) is 17.6 Å². The summed E-state index contributed by atoms with van der Waals surface area (Å²) >= 11 is 0. The molecule has 0 bridgehead atoms. The highest BCUT2D eigenvalue weighted by atomic mass is 16.5. The summed E-state index contributed by atoms with van der Waals surface area (Å²) in [6.07, 6.45) is -0.0874. The van der Waals surface area contributed by atoms with E-state index >= 15 is 0 Å². The van der Waals surface area contributed by atoms with Gasteiger partial charge in [0, 0.05) is 25.7 Å². The van der Waals surface area contributed by atoms with Crippen LogP contribution in [0.3, 0.4) is 0 Å². The van der Waals surface area contributed by atoms with Crippen LogP contribution in [0.1, 0.15) is 27.7 Å². The monoisotopic (exact) mass is 364 g/mol. The molecule has 0 radical (unpaired) electrons. The largest absolute Gasteiger partial charge is 0.497 e. The average Bonchev–Trinajstić information content (AvgIpc) is 2.53. The molecule has 1 amide bonds. The molecule has 0 spiro atoms. The van der Waals surface area contributed by atoms with Crippen molar-refractivity contribution >= 4 is 11.9 Å². The van der Waals surface area contributed by atoms with Crippen LogP contribution in [0.15, 0.2) is 29.3 Å². The predicted molar refractivity (Wildman–Crippen MR) is 105 cm³/mol. The van der Waals surface area contributed by atoms with Gasteiger partial charge in [-0.3, -0.25) is 9.79 Å². The number of benzene rings is 1. The normalized spacial score (nSPS) is 13.0. The van der Waals surface area contributed by atoms with E-state index in [1.54, 1.807) is 19.1 Å². The quantitative estimate of drug-likeness (QED) is 0.571. The number of hydrogen-bond donors (Lipinski definition) is 2. The molecule has 146 valence electrons. The van der Waals surface area contributed by atoms with Crippen LogP contribution in [-0.2, 0) is 4.79 Å². The molecule has 1 unspecified atom stereocenters. The maximum absolute atomic E-state index is 12.1. The molecule has 0 aliphatic rings. The van der Waals surface area contributed by atoms with Gasteiger partial charge in [0.2, 0.25) is 5.91 Å². The second-order valence-corrected chi connectivity index (χ2v) is 7.19. The highest BCUT2D eigenvalue weighted by Crippen LogP contribution is 2.19. The summed E-state index contributed by atoms with van der Waals surface area (Å²) < 4.78 is 11.1. The van der Waals surface area contributed by atoms with Crippen molar-refractivity contribution in [1.29, 1.82) is 0 Å². The molecule has 1 aromatic rings. The zero-order chi connectivity index (χ0) is 19.7. The number of amides is 1. The Hall–Kier alpha value is -2.44. The summed E-state index contributed by atoms with van der Waals surface area (Å²) in [6, 6.07) is 7.48. The van der Waals surface area contributed by atoms with E-state index in [0.29, 0.717) is 12.5 Å². The molecule has 0 saturated heterocycles. The van der Waals surface area contributed by atoms with E-state index in [-0.39, 0.29) is 24.1 Å². The number of carbonyl (C=O) groups is 1. The first-order chi connectivity index (χ1) is 12.1. The van der Waals surface area contributed by atoms with Crippen molar-refractivity contribution in [2.24, 2.45) is 4.99 Å². The number of nitrogens with one attached hydrogen (secondary N) is 2. The first-order valence-corrected chi connectivity index (χ1v) is 8.68. The van der Waals surface area contributed by atoms with Crippen LogP contribution in [0, 0.1) is 0 Å². The van der Waals surface area contributed by atoms with Gasteiger partial charge < -0.3 is 25.0 Å². The fraction of sp³-hybridized carbons (Fsp3) is 0.579. The molecule has 2 N–H and O–H groups in total. The topological polar surface area (TPSA) is 75.2 Å². The second-order valence-electron chi connectivity index (χ2n) is 7.19. The maximum Gasteiger partial charge on any atom is 0.240 e. The van der Waals surface area contributed by atoms with Crippen LogP contribution in [0.4, 0.5) is 0 Å². The fourth-order valence-corrected chi connectivity index (χ4v) is 2.32. The summed E-state index contributed by atoms with van der Waals surface area (Å²) in [5, 5.41) is 6.16. The van der Waals surface area contributed by atoms with E-state index in [1.165, 1.54) is 0 Å². The number of likely N-dealkylation sites (N-methyl/N-ethyl adjacent to an activating group) is 1. The highest BCUT2D eigenvalue weighted by Gasteiger charge is 2.17. The Labute approximate surface area is 156 Å². The van der Waals surface area contributed by atoms with Crippen LogP contribution >= 0.6 is 0 Å². The van der Waals surface area contributed by atoms with Gasteiger partial charge in [-0.15, -0.1) is 0 Å². The van der Waals surface area contributed by atoms with Crippen molar-refractivity contribution in [3.05, 3.63) is 24.3 Å². The van der Waals surface area contributed by atoms with E-state index < -0.39 is 0 Å². The number of guanidine groups is 1. The SMILES string of the molecule is CN=C(NCC(C)Oc1cccc(OC)c1)N(C)CC(=O)NC(C)(C)C. The fourth-order valence-electron chi connectivity index (χ4n) is 2.32. The van der Waals surface area contributed by atoms with Crippen LogP contribution in [0.25, 0.3) is 0 Å². The van der Waals surface area contributed by atoms with Gasteiger partial charge in [0.25, 0.3) is 0 Å². The van der Waals surface area contributed by atoms with Gasteiger partial charge in [-0.2, -0.15) is 0 Å². The number of rotatable bonds is 7. The number of aliphatic imine (C=N–C) groups is 1. The minimum Gasteiger partial charge on any atom is -0.497 e. The Morgan fingerprint density at radius 1 is 1.31 bits per heavy atom. The van der Waals surface area contributed by atoms with Crippen molar-refractivity contribution in [2.75, 3.05) is 34.3 Å². The molecule has 7 heteroatoms. The van der Waals surface area contributed by atoms with Crippen molar-refractivity contribution in [3.63, 3.8) is 0 Å². The maximum atomic E-state index is 12.1. The molecule has 0 heterocycles. The Kier molecular flexibility index (Phi) is 8.22. The molecule has 0 aromatic heterocycles. The molecule has 1 aromatic carbocycles. The number of ether oxygens (including phenoxy) is 2. The Bertz CT molecular complexity index is 611. The average molecular weight is 364 g/mol. The zero-order valence-corrected chi connectivity index (χ0v) is 16.9. The Morgan fingerprint density at radius 3 is 2.54 bits per heavy atom. The summed E-state index contributed by atoms with van der Waals surface area (Å²) in [6.45, 7) is 8.60. The number of nitrogens with zero attached hydrogens (tertiary/aromatic N) is 2. The third-order valence-corrected chi connectivity index (χ3v) is 3.39. The molecule has 1 atom stereocenters. The lowest BCUT2D eigenvalue weighted by atomic mass is 10.1. The van der Waals surface area contributed by atoms with Crippen molar-refractivity contribution in [3.8, 4) is 11.5 Å². The van der Waals surface area contributed by atoms with Crippen LogP contribution in [-0.4, -0.2) is 62.7 Å². The molecule has 26 heavy (non-hydrogen) atoms. The summed E-state index contributed by atoms with van der Waals surface area (Å²) in [7, 11) is 5.14. The lowest BCUT2D eigenvalue weighted by Gasteiger charge is -2.26. The first-order valence-electron chi connectivity index (χ1n) is 8.68. The third kappa shape index (κ3) is 8.09. The molecular formula is C19H32N4O3. The number of hydrogen-bond acceptors (Lipinski definition) is 4. The minimum atomic E-state index is -0.256. The van der Waals surface area contributed by atoms with E-state index in [2.05, 4.69) is 15.6 Å². The molecule has 1 rings (SSSR count). The molecule has 0 saturated carbocycles. The van der Waals surface area contributed by atoms with Crippen LogP contribution < -0.4 is 20.1 Å². The van der Waals surface area contributed by atoms with Gasteiger partial charge >= 0.3 is 0 Å².